The summed E-state index contributed by atoms with van der Waals surface area (Å²) < 4.78 is 44.2. The number of methoxy groups -OCH3 is 1. The minimum atomic E-state index is -4.49. The maximum Gasteiger partial charge on any atom is 0.418 e. The largest absolute Gasteiger partial charge is 0.468 e. The molecule has 3 nitrogen and oxygen atoms in total. The van der Waals surface area contributed by atoms with Crippen LogP contribution in [0, 0.1) is 0 Å². The van der Waals surface area contributed by atoms with E-state index in [1.807, 2.05) is 0 Å². The number of ether oxygens (including phenoxy) is 1. The highest BCUT2D eigenvalue weighted by atomic mass is 79.9. The van der Waals surface area contributed by atoms with Gasteiger partial charge >= 0.3 is 12.1 Å². The molecule has 0 radical (unpaired) electrons. The maximum atomic E-state index is 13.1. The second-order valence-corrected chi connectivity index (χ2v) is 5.37. The van der Waals surface area contributed by atoms with E-state index in [1.165, 1.54) is 24.1 Å². The van der Waals surface area contributed by atoms with Crippen molar-refractivity contribution >= 4 is 27.6 Å². The van der Waals surface area contributed by atoms with Gasteiger partial charge in [-0.25, -0.2) is 0 Å². The molecular formula is C13H15BrF3NO2. The van der Waals surface area contributed by atoms with Gasteiger partial charge in [0.15, 0.2) is 0 Å². The molecule has 0 unspecified atom stereocenters. The second-order valence-electron chi connectivity index (χ2n) is 4.46. The summed E-state index contributed by atoms with van der Waals surface area (Å²) in [5.74, 6) is -0.591. The van der Waals surface area contributed by atoms with E-state index in [0.29, 0.717) is 4.47 Å². The van der Waals surface area contributed by atoms with Gasteiger partial charge in [-0.05, 0) is 32.0 Å². The van der Waals surface area contributed by atoms with Gasteiger partial charge in [-0.1, -0.05) is 15.9 Å². The van der Waals surface area contributed by atoms with Crippen LogP contribution in [0.15, 0.2) is 22.7 Å². The van der Waals surface area contributed by atoms with Gasteiger partial charge < -0.3 is 9.64 Å². The first-order chi connectivity index (χ1) is 9.16. The van der Waals surface area contributed by atoms with Gasteiger partial charge in [-0.15, -0.1) is 0 Å². The van der Waals surface area contributed by atoms with E-state index in [-0.39, 0.29) is 18.3 Å². The van der Waals surface area contributed by atoms with Crippen molar-refractivity contribution in [3.63, 3.8) is 0 Å². The quantitative estimate of drug-likeness (QED) is 0.770. The third kappa shape index (κ3) is 4.13. The van der Waals surface area contributed by atoms with Crippen LogP contribution < -0.4 is 4.90 Å². The minimum absolute atomic E-state index is 0.0488. The molecule has 0 aliphatic rings. The zero-order chi connectivity index (χ0) is 15.5. The average molecular weight is 354 g/mol. The monoisotopic (exact) mass is 353 g/mol. The van der Waals surface area contributed by atoms with Crippen LogP contribution in [0.4, 0.5) is 18.9 Å². The summed E-state index contributed by atoms with van der Waals surface area (Å²) in [7, 11) is 1.20. The molecular weight excluding hydrogens is 339 g/mol. The number of nitrogens with zero attached hydrogens (tertiary/aromatic N) is 1. The fraction of sp³-hybridized carbons (Fsp3) is 0.462. The lowest BCUT2D eigenvalue weighted by molar-refractivity contribution is -0.140. The lowest BCUT2D eigenvalue weighted by Crippen LogP contribution is -2.37. The van der Waals surface area contributed by atoms with E-state index in [4.69, 9.17) is 0 Å². The van der Waals surface area contributed by atoms with Gasteiger partial charge in [-0.3, -0.25) is 4.79 Å². The standard InChI is InChI=1S/C13H15BrF3NO2/c1-8(2)18(7-12(19)20-3)11-6-9(14)4-5-10(11)13(15,16)17/h4-6,8H,7H2,1-3H3. The smallest absolute Gasteiger partial charge is 0.418 e. The Kier molecular flexibility index (Phi) is 5.44. The van der Waals surface area contributed by atoms with Crippen LogP contribution in [0.5, 0.6) is 0 Å². The Hall–Kier alpha value is -1.24. The van der Waals surface area contributed by atoms with Crippen LogP contribution in [0.2, 0.25) is 0 Å². The Morgan fingerprint density at radius 2 is 2.00 bits per heavy atom. The van der Waals surface area contributed by atoms with Crippen molar-refractivity contribution in [1.29, 1.82) is 0 Å². The molecule has 0 N–H and O–H groups in total. The second kappa shape index (κ2) is 6.47. The molecule has 0 aliphatic heterocycles. The number of carbonyl (C=O) groups is 1. The SMILES string of the molecule is COC(=O)CN(c1cc(Br)ccc1C(F)(F)F)C(C)C. The summed E-state index contributed by atoms with van der Waals surface area (Å²) in [5.41, 5.74) is -0.828. The van der Waals surface area contributed by atoms with Gasteiger partial charge in [0.1, 0.15) is 6.54 Å². The van der Waals surface area contributed by atoms with Crippen LogP contribution in [0.1, 0.15) is 19.4 Å². The fourth-order valence-corrected chi connectivity index (χ4v) is 2.08. The van der Waals surface area contributed by atoms with Crippen molar-refractivity contribution in [2.45, 2.75) is 26.1 Å². The first kappa shape index (κ1) is 16.8. The van der Waals surface area contributed by atoms with Gasteiger partial charge in [0, 0.05) is 10.5 Å². The number of esters is 1. The van der Waals surface area contributed by atoms with Crippen molar-refractivity contribution in [2.24, 2.45) is 0 Å². The van der Waals surface area contributed by atoms with Crippen molar-refractivity contribution in [1.82, 2.24) is 0 Å². The Labute approximate surface area is 123 Å². The van der Waals surface area contributed by atoms with E-state index in [9.17, 15) is 18.0 Å². The maximum absolute atomic E-state index is 13.1. The highest BCUT2D eigenvalue weighted by Gasteiger charge is 2.35. The Balaban J connectivity index is 3.31. The zero-order valence-electron chi connectivity index (χ0n) is 11.3. The Bertz CT molecular complexity index is 489. The average Bonchev–Trinajstić information content (AvgIpc) is 2.33. The van der Waals surface area contributed by atoms with Crippen LogP contribution >= 0.6 is 15.9 Å². The Morgan fingerprint density at radius 1 is 1.40 bits per heavy atom. The van der Waals surface area contributed by atoms with Crippen molar-refractivity contribution < 1.29 is 22.7 Å². The van der Waals surface area contributed by atoms with E-state index < -0.39 is 17.7 Å². The van der Waals surface area contributed by atoms with E-state index in [1.54, 1.807) is 13.8 Å². The van der Waals surface area contributed by atoms with E-state index in [2.05, 4.69) is 20.7 Å². The third-order valence-corrected chi connectivity index (χ3v) is 3.22. The number of hydrogen-bond acceptors (Lipinski definition) is 3. The highest BCUT2D eigenvalue weighted by molar-refractivity contribution is 9.10. The summed E-state index contributed by atoms with van der Waals surface area (Å²) in [5, 5.41) is 0. The molecule has 0 saturated carbocycles. The number of rotatable bonds is 4. The summed E-state index contributed by atoms with van der Waals surface area (Å²) in [6, 6.07) is 3.38. The topological polar surface area (TPSA) is 29.5 Å². The molecule has 0 spiro atoms. The molecule has 0 heterocycles. The summed E-state index contributed by atoms with van der Waals surface area (Å²) in [6.45, 7) is 3.18. The van der Waals surface area contributed by atoms with Gasteiger partial charge in [0.2, 0.25) is 0 Å². The zero-order valence-corrected chi connectivity index (χ0v) is 12.9. The molecule has 0 bridgehead atoms. The van der Waals surface area contributed by atoms with Crippen LogP contribution in [-0.2, 0) is 15.7 Å². The Morgan fingerprint density at radius 3 is 2.45 bits per heavy atom. The molecule has 0 aliphatic carbocycles. The predicted octanol–water partition coefficient (Wildman–Crippen LogP) is 3.86. The number of anilines is 1. The summed E-state index contributed by atoms with van der Waals surface area (Å²) in [4.78, 5) is 12.7. The molecule has 1 aromatic carbocycles. The van der Waals surface area contributed by atoms with Gasteiger partial charge in [0.05, 0.1) is 18.4 Å². The number of hydrogen-bond donors (Lipinski definition) is 0. The summed E-state index contributed by atoms with van der Waals surface area (Å²) >= 11 is 3.15. The van der Waals surface area contributed by atoms with E-state index in [0.717, 1.165) is 6.07 Å². The van der Waals surface area contributed by atoms with Gasteiger partial charge in [0.25, 0.3) is 0 Å². The fourth-order valence-electron chi connectivity index (χ4n) is 1.73. The van der Waals surface area contributed by atoms with Crippen LogP contribution in [0.25, 0.3) is 0 Å². The molecule has 0 aromatic heterocycles. The molecule has 1 aromatic rings. The molecule has 20 heavy (non-hydrogen) atoms. The number of carbonyl (C=O) groups excluding carboxylic acids is 1. The minimum Gasteiger partial charge on any atom is -0.468 e. The van der Waals surface area contributed by atoms with Crippen molar-refractivity contribution in [3.8, 4) is 0 Å². The van der Waals surface area contributed by atoms with Crippen LogP contribution in [-0.4, -0.2) is 25.7 Å². The summed E-state index contributed by atoms with van der Waals surface area (Å²) in [6.07, 6.45) is -4.49. The molecule has 7 heteroatoms. The predicted molar refractivity (Wildman–Crippen MR) is 73.6 cm³/mol. The van der Waals surface area contributed by atoms with E-state index >= 15 is 0 Å². The molecule has 0 saturated heterocycles. The highest BCUT2D eigenvalue weighted by Crippen LogP contribution is 2.38. The van der Waals surface area contributed by atoms with Crippen molar-refractivity contribution in [2.75, 3.05) is 18.6 Å². The molecule has 0 amide bonds. The molecule has 112 valence electrons. The third-order valence-electron chi connectivity index (χ3n) is 2.73. The number of halogens is 4. The molecule has 1 rings (SSSR count). The van der Waals surface area contributed by atoms with Crippen molar-refractivity contribution in [3.05, 3.63) is 28.2 Å². The first-order valence-electron chi connectivity index (χ1n) is 5.87. The number of alkyl halides is 3. The molecule has 0 fully saturated rings. The lowest BCUT2D eigenvalue weighted by atomic mass is 10.1. The van der Waals surface area contributed by atoms with Crippen LogP contribution in [0.3, 0.4) is 0 Å². The van der Waals surface area contributed by atoms with Gasteiger partial charge in [-0.2, -0.15) is 13.2 Å². The number of benzene rings is 1. The normalized spacial score (nSPS) is 11.6. The molecule has 0 atom stereocenters. The lowest BCUT2D eigenvalue weighted by Gasteiger charge is -2.30. The first-order valence-corrected chi connectivity index (χ1v) is 6.66.